The molecular weight excluding hydrogens is 480 g/mol. The van der Waals surface area contributed by atoms with Crippen LogP contribution in [0.3, 0.4) is 0 Å². The third-order valence-corrected chi connectivity index (χ3v) is 6.64. The van der Waals surface area contributed by atoms with Crippen molar-refractivity contribution in [2.45, 2.75) is 13.8 Å². The van der Waals surface area contributed by atoms with Crippen LogP contribution in [0.2, 0.25) is 5.02 Å². The first-order valence-electron chi connectivity index (χ1n) is 11.4. The number of anilines is 2. The summed E-state index contributed by atoms with van der Waals surface area (Å²) in [6.45, 7) is 6.59. The van der Waals surface area contributed by atoms with Gasteiger partial charge in [-0.05, 0) is 79.7 Å². The standard InChI is InChI=1S/C27H27ClN4O2S/c1-18-8-9-21(16-19(18)2)25(33)30-27(35)29-22-10-11-24(23(28)17-22)31-12-14-32(15-13-31)26(34)20-6-4-3-5-7-20/h3-11,16-17H,12-15H2,1-2H3,(H2,29,30,33,35). The third-order valence-electron chi connectivity index (χ3n) is 6.13. The number of amides is 2. The number of benzene rings is 3. The van der Waals surface area contributed by atoms with Gasteiger partial charge in [0.2, 0.25) is 0 Å². The summed E-state index contributed by atoms with van der Waals surface area (Å²) in [5.74, 6) is -0.219. The van der Waals surface area contributed by atoms with Crippen molar-refractivity contribution in [3.63, 3.8) is 0 Å². The van der Waals surface area contributed by atoms with Crippen molar-refractivity contribution in [2.24, 2.45) is 0 Å². The van der Waals surface area contributed by atoms with Crippen LogP contribution in [0.4, 0.5) is 11.4 Å². The van der Waals surface area contributed by atoms with Crippen molar-refractivity contribution < 1.29 is 9.59 Å². The molecule has 0 radical (unpaired) electrons. The fourth-order valence-corrected chi connectivity index (χ4v) is 4.49. The van der Waals surface area contributed by atoms with Crippen LogP contribution in [0, 0.1) is 13.8 Å². The maximum atomic E-state index is 12.7. The second-order valence-electron chi connectivity index (χ2n) is 8.52. The predicted octanol–water partition coefficient (Wildman–Crippen LogP) is 5.05. The van der Waals surface area contributed by atoms with E-state index in [4.69, 9.17) is 23.8 Å². The molecule has 0 bridgehead atoms. The van der Waals surface area contributed by atoms with Gasteiger partial charge in [-0.1, -0.05) is 35.9 Å². The van der Waals surface area contributed by atoms with E-state index in [0.29, 0.717) is 48.0 Å². The second kappa shape index (κ2) is 10.9. The molecule has 1 fully saturated rings. The number of aryl methyl sites for hydroxylation is 2. The highest BCUT2D eigenvalue weighted by molar-refractivity contribution is 7.80. The Kier molecular flexibility index (Phi) is 7.68. The van der Waals surface area contributed by atoms with Crippen molar-refractivity contribution in [1.29, 1.82) is 0 Å². The summed E-state index contributed by atoms with van der Waals surface area (Å²) in [6.07, 6.45) is 0. The Morgan fingerprint density at radius 1 is 0.857 bits per heavy atom. The minimum absolute atomic E-state index is 0.0484. The highest BCUT2D eigenvalue weighted by Crippen LogP contribution is 2.30. The molecule has 0 unspecified atom stereocenters. The molecule has 6 nitrogen and oxygen atoms in total. The quantitative estimate of drug-likeness (QED) is 0.485. The van der Waals surface area contributed by atoms with E-state index < -0.39 is 0 Å². The first-order valence-corrected chi connectivity index (χ1v) is 12.2. The molecule has 0 aliphatic carbocycles. The molecule has 1 saturated heterocycles. The second-order valence-corrected chi connectivity index (χ2v) is 9.33. The number of hydrogen-bond acceptors (Lipinski definition) is 4. The third kappa shape index (κ3) is 5.99. The zero-order valence-electron chi connectivity index (χ0n) is 19.7. The van der Waals surface area contributed by atoms with Gasteiger partial charge in [-0.2, -0.15) is 0 Å². The van der Waals surface area contributed by atoms with E-state index in [-0.39, 0.29) is 16.9 Å². The van der Waals surface area contributed by atoms with Crippen molar-refractivity contribution in [2.75, 3.05) is 36.4 Å². The highest BCUT2D eigenvalue weighted by Gasteiger charge is 2.23. The Morgan fingerprint density at radius 2 is 1.57 bits per heavy atom. The summed E-state index contributed by atoms with van der Waals surface area (Å²) in [5.41, 5.74) is 5.01. The molecular formula is C27H27ClN4O2S. The Labute approximate surface area is 215 Å². The average Bonchev–Trinajstić information content (AvgIpc) is 2.86. The van der Waals surface area contributed by atoms with Gasteiger partial charge in [0.1, 0.15) is 0 Å². The van der Waals surface area contributed by atoms with Crippen LogP contribution >= 0.6 is 23.8 Å². The molecule has 0 saturated carbocycles. The fourth-order valence-electron chi connectivity index (χ4n) is 3.98. The van der Waals surface area contributed by atoms with Crippen molar-refractivity contribution in [1.82, 2.24) is 10.2 Å². The number of nitrogens with one attached hydrogen (secondary N) is 2. The van der Waals surface area contributed by atoms with Gasteiger partial charge in [0.05, 0.1) is 10.7 Å². The van der Waals surface area contributed by atoms with Gasteiger partial charge < -0.3 is 15.1 Å². The molecule has 3 aromatic carbocycles. The molecule has 1 aliphatic heterocycles. The summed E-state index contributed by atoms with van der Waals surface area (Å²) < 4.78 is 0. The number of carbonyl (C=O) groups is 2. The first-order chi connectivity index (χ1) is 16.8. The van der Waals surface area contributed by atoms with Crippen LogP contribution in [0.1, 0.15) is 31.8 Å². The molecule has 180 valence electrons. The van der Waals surface area contributed by atoms with Crippen molar-refractivity contribution in [3.05, 3.63) is 94.0 Å². The van der Waals surface area contributed by atoms with Gasteiger partial charge in [0.25, 0.3) is 11.8 Å². The SMILES string of the molecule is Cc1ccc(C(=O)NC(=S)Nc2ccc(N3CCN(C(=O)c4ccccc4)CC3)c(Cl)c2)cc1C. The molecule has 4 rings (SSSR count). The van der Waals surface area contributed by atoms with E-state index in [0.717, 1.165) is 16.8 Å². The molecule has 8 heteroatoms. The van der Waals surface area contributed by atoms with Crippen LogP contribution in [0.15, 0.2) is 66.7 Å². The van der Waals surface area contributed by atoms with E-state index in [9.17, 15) is 9.59 Å². The molecule has 35 heavy (non-hydrogen) atoms. The van der Waals surface area contributed by atoms with Crippen molar-refractivity contribution >= 4 is 52.1 Å². The van der Waals surface area contributed by atoms with Gasteiger partial charge >= 0.3 is 0 Å². The summed E-state index contributed by atoms with van der Waals surface area (Å²) in [6, 6.07) is 20.4. The molecule has 2 N–H and O–H groups in total. The number of halogens is 1. The minimum Gasteiger partial charge on any atom is -0.367 e. The van der Waals surface area contributed by atoms with Gasteiger partial charge in [0, 0.05) is 43.0 Å². The number of nitrogens with zero attached hydrogens (tertiary/aromatic N) is 2. The summed E-state index contributed by atoms with van der Waals surface area (Å²) in [4.78, 5) is 29.2. The summed E-state index contributed by atoms with van der Waals surface area (Å²) in [7, 11) is 0. The monoisotopic (exact) mass is 506 g/mol. The topological polar surface area (TPSA) is 64.7 Å². The lowest BCUT2D eigenvalue weighted by molar-refractivity contribution is 0.0746. The number of hydrogen-bond donors (Lipinski definition) is 2. The fraction of sp³-hybridized carbons (Fsp3) is 0.222. The Hall–Kier alpha value is -3.42. The molecule has 1 heterocycles. The maximum Gasteiger partial charge on any atom is 0.257 e. The Bertz CT molecular complexity index is 1260. The van der Waals surface area contributed by atoms with Gasteiger partial charge in [-0.25, -0.2) is 0 Å². The van der Waals surface area contributed by atoms with E-state index in [1.54, 1.807) is 12.1 Å². The molecule has 3 aromatic rings. The number of piperazine rings is 1. The van der Waals surface area contributed by atoms with E-state index in [1.807, 2.05) is 73.3 Å². The number of thiocarbonyl (C=S) groups is 1. The summed E-state index contributed by atoms with van der Waals surface area (Å²) in [5, 5.41) is 6.50. The molecule has 0 atom stereocenters. The molecule has 0 aromatic heterocycles. The first kappa shape index (κ1) is 24.7. The Balaban J connectivity index is 1.33. The maximum absolute atomic E-state index is 12.7. The van der Waals surface area contributed by atoms with Crippen LogP contribution in [0.25, 0.3) is 0 Å². The van der Waals surface area contributed by atoms with Gasteiger partial charge in [0.15, 0.2) is 5.11 Å². The van der Waals surface area contributed by atoms with E-state index >= 15 is 0 Å². The van der Waals surface area contributed by atoms with Crippen LogP contribution < -0.4 is 15.5 Å². The zero-order chi connectivity index (χ0) is 24.9. The van der Waals surface area contributed by atoms with E-state index in [2.05, 4.69) is 15.5 Å². The zero-order valence-corrected chi connectivity index (χ0v) is 21.2. The average molecular weight is 507 g/mol. The van der Waals surface area contributed by atoms with Crippen molar-refractivity contribution in [3.8, 4) is 0 Å². The predicted molar refractivity (Wildman–Crippen MR) is 146 cm³/mol. The smallest absolute Gasteiger partial charge is 0.257 e. The number of rotatable bonds is 4. The Morgan fingerprint density at radius 3 is 2.23 bits per heavy atom. The van der Waals surface area contributed by atoms with Crippen LogP contribution in [-0.4, -0.2) is 48.0 Å². The lowest BCUT2D eigenvalue weighted by atomic mass is 10.1. The number of carbonyl (C=O) groups excluding carboxylic acids is 2. The minimum atomic E-state index is -0.267. The largest absolute Gasteiger partial charge is 0.367 e. The normalized spacial score (nSPS) is 13.3. The van der Waals surface area contributed by atoms with Gasteiger partial charge in [-0.3, -0.25) is 14.9 Å². The lowest BCUT2D eigenvalue weighted by Gasteiger charge is -2.36. The van der Waals surface area contributed by atoms with E-state index in [1.165, 1.54) is 0 Å². The molecule has 2 amide bonds. The molecule has 1 aliphatic rings. The summed E-state index contributed by atoms with van der Waals surface area (Å²) >= 11 is 11.9. The van der Waals surface area contributed by atoms with Crippen LogP contribution in [-0.2, 0) is 0 Å². The van der Waals surface area contributed by atoms with Crippen LogP contribution in [0.5, 0.6) is 0 Å². The lowest BCUT2D eigenvalue weighted by Crippen LogP contribution is -2.48. The molecule has 0 spiro atoms. The highest BCUT2D eigenvalue weighted by atomic mass is 35.5. The van der Waals surface area contributed by atoms with Gasteiger partial charge in [-0.15, -0.1) is 0 Å².